The summed E-state index contributed by atoms with van der Waals surface area (Å²) in [6.45, 7) is -0.533. The summed E-state index contributed by atoms with van der Waals surface area (Å²) in [4.78, 5) is 40.2. The van der Waals surface area contributed by atoms with Gasteiger partial charge in [-0.1, -0.05) is 35.9 Å². The van der Waals surface area contributed by atoms with Gasteiger partial charge in [-0.15, -0.1) is 0 Å². The zero-order valence-corrected chi connectivity index (χ0v) is 19.1. The van der Waals surface area contributed by atoms with Crippen molar-refractivity contribution in [1.29, 1.82) is 0 Å². The van der Waals surface area contributed by atoms with Gasteiger partial charge in [-0.25, -0.2) is 4.79 Å². The summed E-state index contributed by atoms with van der Waals surface area (Å²) < 4.78 is 15.7. The van der Waals surface area contributed by atoms with E-state index < -0.39 is 24.0 Å². The maximum atomic E-state index is 13.1. The molecule has 1 fully saturated rings. The maximum Gasteiger partial charge on any atom is 0.342 e. The summed E-state index contributed by atoms with van der Waals surface area (Å²) >= 11 is 6.43. The number of halogens is 1. The number of amides is 1. The molecule has 1 aliphatic rings. The van der Waals surface area contributed by atoms with Crippen molar-refractivity contribution < 1.29 is 28.6 Å². The van der Waals surface area contributed by atoms with Crippen LogP contribution >= 0.6 is 11.6 Å². The van der Waals surface area contributed by atoms with E-state index in [9.17, 15) is 14.4 Å². The molecule has 1 amide bonds. The third-order valence-electron chi connectivity index (χ3n) is 5.87. The van der Waals surface area contributed by atoms with E-state index in [1.54, 1.807) is 43.4 Å². The van der Waals surface area contributed by atoms with Crippen LogP contribution in [0.4, 0.5) is 0 Å². The van der Waals surface area contributed by atoms with Gasteiger partial charge in [0.15, 0.2) is 23.9 Å². The van der Waals surface area contributed by atoms with Crippen LogP contribution < -0.4 is 9.47 Å². The third-order valence-corrected chi connectivity index (χ3v) is 6.20. The predicted molar refractivity (Wildman–Crippen MR) is 119 cm³/mol. The number of nitrogens with zero attached hydrogens (tertiary/aromatic N) is 1. The van der Waals surface area contributed by atoms with Gasteiger partial charge in [0.05, 0.1) is 14.2 Å². The molecular formula is C24H26ClNO6. The van der Waals surface area contributed by atoms with E-state index in [0.717, 1.165) is 12.8 Å². The van der Waals surface area contributed by atoms with Crippen molar-refractivity contribution in [3.63, 3.8) is 0 Å². The van der Waals surface area contributed by atoms with Crippen LogP contribution in [0, 0.1) is 0 Å². The molecule has 8 heteroatoms. The van der Waals surface area contributed by atoms with Crippen molar-refractivity contribution in [1.82, 2.24) is 4.90 Å². The Hall–Kier alpha value is -3.06. The molecule has 1 atom stereocenters. The molecule has 2 aromatic carbocycles. The standard InChI is InChI=1S/C24H26ClNO6/c1-26(24(14-7-6-13-20(24)27)17-10-4-5-11-18(17)25)21(28)15-32-23(29)16-9-8-12-19(30-2)22(16)31-3/h4-5,8-12H,6-7,13-15H2,1-3H3. The first kappa shape index (κ1) is 23.6. The number of carbonyl (C=O) groups is 3. The Morgan fingerprint density at radius 3 is 2.47 bits per heavy atom. The summed E-state index contributed by atoms with van der Waals surface area (Å²) in [5.74, 6) is -0.722. The van der Waals surface area contributed by atoms with E-state index in [1.807, 2.05) is 0 Å². The van der Waals surface area contributed by atoms with E-state index >= 15 is 0 Å². The van der Waals surface area contributed by atoms with Gasteiger partial charge in [0, 0.05) is 24.1 Å². The minimum absolute atomic E-state index is 0.0755. The summed E-state index contributed by atoms with van der Waals surface area (Å²) in [6, 6.07) is 11.8. The molecule has 1 aliphatic carbocycles. The first-order valence-corrected chi connectivity index (χ1v) is 10.7. The summed E-state index contributed by atoms with van der Waals surface area (Å²) in [7, 11) is 4.42. The van der Waals surface area contributed by atoms with Gasteiger partial charge in [0.25, 0.3) is 5.91 Å². The number of ketones is 1. The molecule has 0 aliphatic heterocycles. The molecule has 0 spiro atoms. The number of hydrogen-bond donors (Lipinski definition) is 0. The Balaban J connectivity index is 1.83. The van der Waals surface area contributed by atoms with E-state index in [1.165, 1.54) is 25.2 Å². The molecule has 0 bridgehead atoms. The Morgan fingerprint density at radius 2 is 1.81 bits per heavy atom. The lowest BCUT2D eigenvalue weighted by Gasteiger charge is -2.43. The smallest absolute Gasteiger partial charge is 0.342 e. The van der Waals surface area contributed by atoms with Crippen molar-refractivity contribution in [2.24, 2.45) is 0 Å². The van der Waals surface area contributed by atoms with Gasteiger partial charge in [0.2, 0.25) is 0 Å². The molecule has 1 saturated carbocycles. The molecule has 2 aromatic rings. The van der Waals surface area contributed by atoms with Gasteiger partial charge in [0.1, 0.15) is 11.1 Å². The Labute approximate surface area is 192 Å². The fraction of sp³-hybridized carbons (Fsp3) is 0.375. The van der Waals surface area contributed by atoms with E-state index in [-0.39, 0.29) is 17.1 Å². The van der Waals surface area contributed by atoms with Crippen molar-refractivity contribution in [3.8, 4) is 11.5 Å². The number of hydrogen-bond acceptors (Lipinski definition) is 6. The fourth-order valence-electron chi connectivity index (χ4n) is 4.19. The van der Waals surface area contributed by atoms with Crippen molar-refractivity contribution in [3.05, 3.63) is 58.6 Å². The number of Topliss-reactive ketones (excluding diaryl/α,β-unsaturated/α-hetero) is 1. The zero-order chi connectivity index (χ0) is 23.3. The average Bonchev–Trinajstić information content (AvgIpc) is 2.82. The normalized spacial score (nSPS) is 18.1. The summed E-state index contributed by atoms with van der Waals surface area (Å²) in [6.07, 6.45) is 2.34. The van der Waals surface area contributed by atoms with Gasteiger partial charge >= 0.3 is 5.97 Å². The van der Waals surface area contributed by atoms with Gasteiger partial charge < -0.3 is 19.1 Å². The number of benzene rings is 2. The third kappa shape index (κ3) is 4.30. The molecule has 0 N–H and O–H groups in total. The van der Waals surface area contributed by atoms with Crippen LogP contribution in [-0.2, 0) is 19.9 Å². The molecule has 0 saturated heterocycles. The van der Waals surface area contributed by atoms with Crippen LogP contribution in [0.25, 0.3) is 0 Å². The number of likely N-dealkylation sites (N-methyl/N-ethyl adjacent to an activating group) is 1. The highest BCUT2D eigenvalue weighted by Gasteiger charge is 2.48. The molecular weight excluding hydrogens is 434 g/mol. The molecule has 170 valence electrons. The maximum absolute atomic E-state index is 13.1. The van der Waals surface area contributed by atoms with Crippen LogP contribution in [-0.4, -0.2) is 50.4 Å². The number of rotatable bonds is 7. The van der Waals surface area contributed by atoms with E-state index in [4.69, 9.17) is 25.8 Å². The van der Waals surface area contributed by atoms with Crippen LogP contribution in [0.5, 0.6) is 11.5 Å². The molecule has 3 rings (SSSR count). The molecule has 0 radical (unpaired) electrons. The van der Waals surface area contributed by atoms with E-state index in [0.29, 0.717) is 29.2 Å². The van der Waals surface area contributed by atoms with Crippen LogP contribution in [0.15, 0.2) is 42.5 Å². The molecule has 0 heterocycles. The van der Waals surface area contributed by atoms with Gasteiger partial charge in [-0.2, -0.15) is 0 Å². The number of carbonyl (C=O) groups excluding carboxylic acids is 3. The second-order valence-corrected chi connectivity index (χ2v) is 7.95. The highest BCUT2D eigenvalue weighted by molar-refractivity contribution is 6.31. The Morgan fingerprint density at radius 1 is 1.06 bits per heavy atom. The first-order chi connectivity index (χ1) is 15.4. The lowest BCUT2D eigenvalue weighted by atomic mass is 9.74. The van der Waals surface area contributed by atoms with Crippen LogP contribution in [0.3, 0.4) is 0 Å². The highest BCUT2D eigenvalue weighted by atomic mass is 35.5. The van der Waals surface area contributed by atoms with E-state index in [2.05, 4.69) is 0 Å². The van der Waals surface area contributed by atoms with Crippen molar-refractivity contribution in [2.75, 3.05) is 27.9 Å². The zero-order valence-electron chi connectivity index (χ0n) is 18.4. The Kier molecular flexibility index (Phi) is 7.40. The molecule has 7 nitrogen and oxygen atoms in total. The van der Waals surface area contributed by atoms with Gasteiger partial charge in [-0.3, -0.25) is 9.59 Å². The molecule has 32 heavy (non-hydrogen) atoms. The largest absolute Gasteiger partial charge is 0.493 e. The molecule has 0 aromatic heterocycles. The number of methoxy groups -OCH3 is 2. The lowest BCUT2D eigenvalue weighted by Crippen LogP contribution is -2.55. The molecule has 1 unspecified atom stereocenters. The van der Waals surface area contributed by atoms with Gasteiger partial charge in [-0.05, 0) is 37.5 Å². The number of para-hydroxylation sites is 1. The SMILES string of the molecule is COc1cccc(C(=O)OCC(=O)N(C)C2(c3ccccc3Cl)CCCCC2=O)c1OC. The monoisotopic (exact) mass is 459 g/mol. The predicted octanol–water partition coefficient (Wildman–Crippen LogP) is 4.01. The minimum Gasteiger partial charge on any atom is -0.493 e. The van der Waals surface area contributed by atoms with Crippen LogP contribution in [0.1, 0.15) is 41.6 Å². The highest BCUT2D eigenvalue weighted by Crippen LogP contribution is 2.42. The number of ether oxygens (including phenoxy) is 3. The first-order valence-electron chi connectivity index (χ1n) is 10.3. The summed E-state index contributed by atoms with van der Waals surface area (Å²) in [5.41, 5.74) is -0.465. The summed E-state index contributed by atoms with van der Waals surface area (Å²) in [5, 5.41) is 0.417. The average molecular weight is 460 g/mol. The fourth-order valence-corrected chi connectivity index (χ4v) is 4.48. The Bertz CT molecular complexity index is 1020. The van der Waals surface area contributed by atoms with Crippen molar-refractivity contribution in [2.45, 2.75) is 31.2 Å². The topological polar surface area (TPSA) is 82.1 Å². The van der Waals surface area contributed by atoms with Crippen LogP contribution in [0.2, 0.25) is 5.02 Å². The van der Waals surface area contributed by atoms with Crippen molar-refractivity contribution >= 4 is 29.3 Å². The second-order valence-electron chi connectivity index (χ2n) is 7.54. The lowest BCUT2D eigenvalue weighted by molar-refractivity contribution is -0.150. The minimum atomic E-state index is -1.19. The quantitative estimate of drug-likeness (QED) is 0.582. The number of esters is 1. The second kappa shape index (κ2) is 10.0.